The van der Waals surface area contributed by atoms with Crippen molar-refractivity contribution in [3.63, 3.8) is 0 Å². The molecule has 22 heavy (non-hydrogen) atoms. The van der Waals surface area contributed by atoms with E-state index in [1.807, 2.05) is 17.5 Å². The molecular weight excluding hydrogens is 296 g/mol. The van der Waals surface area contributed by atoms with Crippen LogP contribution in [0, 0.1) is 0 Å². The van der Waals surface area contributed by atoms with Gasteiger partial charge in [-0.15, -0.1) is 11.3 Å². The number of nitrogens with zero attached hydrogens (tertiary/aromatic N) is 4. The molecule has 2 aromatic rings. The van der Waals surface area contributed by atoms with E-state index in [0.29, 0.717) is 5.89 Å². The summed E-state index contributed by atoms with van der Waals surface area (Å²) in [5, 5.41) is 6.19. The normalized spacial score (nSPS) is 24.1. The summed E-state index contributed by atoms with van der Waals surface area (Å²) in [6.07, 6.45) is 5.34. The largest absolute Gasteiger partial charge is 0.333 e. The average molecular weight is 318 g/mol. The molecule has 0 radical (unpaired) electrons. The Balaban J connectivity index is 1.38. The highest BCUT2D eigenvalue weighted by atomic mass is 32.1. The van der Waals surface area contributed by atoms with E-state index in [9.17, 15) is 0 Å². The second-order valence-corrected chi connectivity index (χ2v) is 7.21. The molecule has 2 aromatic heterocycles. The maximum absolute atomic E-state index is 5.39. The van der Waals surface area contributed by atoms with Crippen LogP contribution in [0.15, 0.2) is 22.0 Å². The Kier molecular flexibility index (Phi) is 4.23. The predicted octanol–water partition coefficient (Wildman–Crippen LogP) is 2.86. The lowest BCUT2D eigenvalue weighted by atomic mass is 10.0. The van der Waals surface area contributed by atoms with Crippen LogP contribution in [-0.4, -0.2) is 52.2 Å². The zero-order valence-electron chi connectivity index (χ0n) is 12.8. The minimum Gasteiger partial charge on any atom is -0.333 e. The van der Waals surface area contributed by atoms with E-state index in [-0.39, 0.29) is 0 Å². The lowest BCUT2D eigenvalue weighted by molar-refractivity contribution is 0.108. The molecule has 0 saturated carbocycles. The van der Waals surface area contributed by atoms with Crippen molar-refractivity contribution in [2.45, 2.75) is 38.3 Å². The molecule has 118 valence electrons. The summed E-state index contributed by atoms with van der Waals surface area (Å²) in [5.74, 6) is 1.46. The highest BCUT2D eigenvalue weighted by molar-refractivity contribution is 7.13. The summed E-state index contributed by atoms with van der Waals surface area (Å²) in [7, 11) is 0. The topological polar surface area (TPSA) is 45.4 Å². The molecule has 0 N–H and O–H groups in total. The molecule has 4 rings (SSSR count). The molecule has 0 bridgehead atoms. The monoisotopic (exact) mass is 318 g/mol. The predicted molar refractivity (Wildman–Crippen MR) is 86.7 cm³/mol. The molecule has 6 heteroatoms. The lowest BCUT2D eigenvalue weighted by Crippen LogP contribution is -2.46. The fraction of sp³-hybridized carbons (Fsp3) is 0.625. The number of aromatic nitrogens is 2. The third-order valence-corrected chi connectivity index (χ3v) is 5.56. The SMILES string of the molecule is c1csc(-c2nc(CN3CCC[C@@H](N4CCCC4)C3)no2)c1. The van der Waals surface area contributed by atoms with Gasteiger partial charge >= 0.3 is 0 Å². The molecule has 2 aliphatic heterocycles. The van der Waals surface area contributed by atoms with Crippen LogP contribution in [0.2, 0.25) is 0 Å². The standard InChI is InChI=1S/C16H22N4OS/c1-2-9-20(8-1)13-5-3-7-19(11-13)12-15-17-16(21-18-15)14-6-4-10-22-14/h4,6,10,13H,1-3,5,7-9,11-12H2/t13-/m1/s1. The molecule has 2 fully saturated rings. The first-order chi connectivity index (χ1) is 10.9. The smallest absolute Gasteiger partial charge is 0.268 e. The van der Waals surface area contributed by atoms with Crippen LogP contribution >= 0.6 is 11.3 Å². The molecule has 1 atom stereocenters. The van der Waals surface area contributed by atoms with Crippen LogP contribution in [0.3, 0.4) is 0 Å². The Labute approximate surface area is 134 Å². The maximum Gasteiger partial charge on any atom is 0.268 e. The fourth-order valence-corrected chi connectivity index (χ4v) is 4.24. The summed E-state index contributed by atoms with van der Waals surface area (Å²) in [6.45, 7) is 5.65. The molecule has 2 saturated heterocycles. The second kappa shape index (κ2) is 6.48. The van der Waals surface area contributed by atoms with Gasteiger partial charge in [0, 0.05) is 12.6 Å². The molecular formula is C16H22N4OS. The van der Waals surface area contributed by atoms with Gasteiger partial charge in [0.1, 0.15) is 0 Å². The van der Waals surface area contributed by atoms with Gasteiger partial charge in [0.05, 0.1) is 11.4 Å². The van der Waals surface area contributed by atoms with Crippen LogP contribution in [0.25, 0.3) is 10.8 Å². The summed E-state index contributed by atoms with van der Waals surface area (Å²) >= 11 is 1.64. The van der Waals surface area contributed by atoms with Crippen molar-refractivity contribution in [2.75, 3.05) is 26.2 Å². The molecule has 5 nitrogen and oxygen atoms in total. The molecule has 0 aliphatic carbocycles. The van der Waals surface area contributed by atoms with Crippen molar-refractivity contribution >= 4 is 11.3 Å². The molecule has 0 amide bonds. The number of hydrogen-bond acceptors (Lipinski definition) is 6. The summed E-state index contributed by atoms with van der Waals surface area (Å²) in [6, 6.07) is 4.75. The van der Waals surface area contributed by atoms with Gasteiger partial charge < -0.3 is 4.52 Å². The van der Waals surface area contributed by atoms with Crippen molar-refractivity contribution in [3.8, 4) is 10.8 Å². The van der Waals surface area contributed by atoms with Gasteiger partial charge in [0.15, 0.2) is 5.82 Å². The third kappa shape index (κ3) is 3.09. The first-order valence-corrected chi connectivity index (χ1v) is 9.09. The summed E-state index contributed by atoms with van der Waals surface area (Å²) < 4.78 is 5.39. The first-order valence-electron chi connectivity index (χ1n) is 8.21. The quantitative estimate of drug-likeness (QED) is 0.867. The van der Waals surface area contributed by atoms with E-state index < -0.39 is 0 Å². The Morgan fingerprint density at radius 3 is 2.95 bits per heavy atom. The van der Waals surface area contributed by atoms with Gasteiger partial charge in [-0.25, -0.2) is 0 Å². The van der Waals surface area contributed by atoms with Gasteiger partial charge in [-0.1, -0.05) is 11.2 Å². The van der Waals surface area contributed by atoms with E-state index >= 15 is 0 Å². The first kappa shape index (κ1) is 14.4. The Hall–Kier alpha value is -1.24. The van der Waals surface area contributed by atoms with Gasteiger partial charge in [0.2, 0.25) is 0 Å². The third-order valence-electron chi connectivity index (χ3n) is 4.70. The van der Waals surface area contributed by atoms with E-state index in [2.05, 4.69) is 19.9 Å². The summed E-state index contributed by atoms with van der Waals surface area (Å²) in [5.41, 5.74) is 0. The van der Waals surface area contributed by atoms with Crippen molar-refractivity contribution in [1.82, 2.24) is 19.9 Å². The van der Waals surface area contributed by atoms with Crippen LogP contribution in [-0.2, 0) is 6.54 Å². The van der Waals surface area contributed by atoms with Crippen molar-refractivity contribution < 1.29 is 4.52 Å². The fourth-order valence-electron chi connectivity index (χ4n) is 3.60. The number of likely N-dealkylation sites (tertiary alicyclic amines) is 2. The van der Waals surface area contributed by atoms with Crippen LogP contribution in [0.1, 0.15) is 31.5 Å². The highest BCUT2D eigenvalue weighted by Gasteiger charge is 2.27. The number of rotatable bonds is 4. The Bertz CT molecular complexity index is 591. The van der Waals surface area contributed by atoms with E-state index in [1.165, 1.54) is 38.8 Å². The van der Waals surface area contributed by atoms with E-state index in [0.717, 1.165) is 36.4 Å². The van der Waals surface area contributed by atoms with Crippen molar-refractivity contribution in [2.24, 2.45) is 0 Å². The Morgan fingerprint density at radius 2 is 2.14 bits per heavy atom. The van der Waals surface area contributed by atoms with Gasteiger partial charge in [-0.2, -0.15) is 4.98 Å². The minimum atomic E-state index is 0.651. The highest BCUT2D eigenvalue weighted by Crippen LogP contribution is 2.24. The zero-order valence-corrected chi connectivity index (χ0v) is 13.6. The Morgan fingerprint density at radius 1 is 1.23 bits per heavy atom. The zero-order chi connectivity index (χ0) is 14.8. The minimum absolute atomic E-state index is 0.651. The number of hydrogen-bond donors (Lipinski definition) is 0. The molecule has 2 aliphatic rings. The van der Waals surface area contributed by atoms with Crippen LogP contribution < -0.4 is 0 Å². The molecule has 0 spiro atoms. The molecule has 0 unspecified atom stereocenters. The van der Waals surface area contributed by atoms with Gasteiger partial charge in [0.25, 0.3) is 5.89 Å². The van der Waals surface area contributed by atoms with E-state index in [1.54, 1.807) is 11.3 Å². The van der Waals surface area contributed by atoms with E-state index in [4.69, 9.17) is 4.52 Å². The number of piperidine rings is 1. The second-order valence-electron chi connectivity index (χ2n) is 6.27. The maximum atomic E-state index is 5.39. The lowest BCUT2D eigenvalue weighted by Gasteiger charge is -2.37. The van der Waals surface area contributed by atoms with Crippen molar-refractivity contribution in [1.29, 1.82) is 0 Å². The van der Waals surface area contributed by atoms with Gasteiger partial charge in [-0.05, 0) is 56.8 Å². The van der Waals surface area contributed by atoms with Crippen LogP contribution in [0.5, 0.6) is 0 Å². The van der Waals surface area contributed by atoms with Crippen molar-refractivity contribution in [3.05, 3.63) is 23.3 Å². The van der Waals surface area contributed by atoms with Crippen LogP contribution in [0.4, 0.5) is 0 Å². The summed E-state index contributed by atoms with van der Waals surface area (Å²) in [4.78, 5) is 10.7. The average Bonchev–Trinajstić information content (AvgIpc) is 3.29. The van der Waals surface area contributed by atoms with Gasteiger partial charge in [-0.3, -0.25) is 9.80 Å². The number of thiophene rings is 1. The molecule has 4 heterocycles. The molecule has 0 aromatic carbocycles.